The van der Waals surface area contributed by atoms with Crippen LogP contribution in [0.1, 0.15) is 121 Å². The molecular formula is C55H55N2O+. The molecule has 0 atom stereocenters. The normalized spacial score (nSPS) is 11.8. The molecule has 3 nitrogen and oxygen atoms in total. The highest BCUT2D eigenvalue weighted by Gasteiger charge is 2.32. The molecule has 3 heteroatoms. The van der Waals surface area contributed by atoms with Crippen molar-refractivity contribution in [3.8, 4) is 22.7 Å². The van der Waals surface area contributed by atoms with Crippen LogP contribution in [0.4, 0.5) is 0 Å². The van der Waals surface area contributed by atoms with Gasteiger partial charge in [-0.05, 0) is 81.0 Å². The van der Waals surface area contributed by atoms with Gasteiger partial charge in [0.15, 0.2) is 5.52 Å². The fourth-order valence-electron chi connectivity index (χ4n) is 8.84. The van der Waals surface area contributed by atoms with E-state index in [0.717, 1.165) is 17.0 Å². The van der Waals surface area contributed by atoms with E-state index >= 15 is 0 Å². The highest BCUT2D eigenvalue weighted by molar-refractivity contribution is 5.73. The minimum absolute atomic E-state index is 0.0721. The van der Waals surface area contributed by atoms with Crippen LogP contribution in [0.2, 0.25) is 0 Å². The predicted molar refractivity (Wildman–Crippen MR) is 241 cm³/mol. The van der Waals surface area contributed by atoms with Crippen molar-refractivity contribution < 1.29 is 9.30 Å². The van der Waals surface area contributed by atoms with Crippen LogP contribution in [0.5, 0.6) is 5.75 Å². The summed E-state index contributed by atoms with van der Waals surface area (Å²) in [6.45, 7) is 13.9. The third-order valence-electron chi connectivity index (χ3n) is 11.7. The number of pyridine rings is 1. The molecule has 58 heavy (non-hydrogen) atoms. The number of imidazole rings is 1. The number of rotatable bonds is 12. The van der Waals surface area contributed by atoms with Crippen LogP contribution in [0, 0.1) is 0 Å². The zero-order chi connectivity index (χ0) is 40.3. The average Bonchev–Trinajstić information content (AvgIpc) is 3.69. The molecule has 2 aromatic heterocycles. The number of aromatic nitrogens is 2. The summed E-state index contributed by atoms with van der Waals surface area (Å²) in [5, 5.41) is 0. The molecule has 0 fully saturated rings. The third-order valence-corrected chi connectivity index (χ3v) is 11.7. The van der Waals surface area contributed by atoms with Crippen LogP contribution < -0.4 is 9.30 Å². The maximum atomic E-state index is 6.25. The van der Waals surface area contributed by atoms with E-state index in [4.69, 9.17) is 4.74 Å². The molecule has 2 heterocycles. The molecule has 0 spiro atoms. The number of methoxy groups -OCH3 is 1. The minimum atomic E-state index is -0.0721. The van der Waals surface area contributed by atoms with Crippen molar-refractivity contribution in [3.63, 3.8) is 0 Å². The van der Waals surface area contributed by atoms with Gasteiger partial charge in [-0.1, -0.05) is 181 Å². The van der Waals surface area contributed by atoms with E-state index in [0.29, 0.717) is 17.8 Å². The number of fused-ring (bicyclic) bond motifs is 1. The van der Waals surface area contributed by atoms with Gasteiger partial charge < -0.3 is 4.74 Å². The van der Waals surface area contributed by atoms with E-state index in [-0.39, 0.29) is 11.8 Å². The van der Waals surface area contributed by atoms with Gasteiger partial charge in [-0.2, -0.15) is 4.40 Å². The molecule has 0 aliphatic rings. The van der Waals surface area contributed by atoms with E-state index < -0.39 is 0 Å². The Morgan fingerprint density at radius 2 is 0.879 bits per heavy atom. The second-order valence-corrected chi connectivity index (χ2v) is 16.6. The number of nitrogens with zero attached hydrogens (tertiary/aromatic N) is 2. The lowest BCUT2D eigenvalue weighted by molar-refractivity contribution is -0.595. The average molecular weight is 760 g/mol. The fraction of sp³-hybridized carbons (Fsp3) is 0.218. The Kier molecular flexibility index (Phi) is 11.2. The second kappa shape index (κ2) is 16.7. The first-order chi connectivity index (χ1) is 28.2. The maximum Gasteiger partial charge on any atom is 0.254 e. The molecule has 0 aliphatic carbocycles. The summed E-state index contributed by atoms with van der Waals surface area (Å²) in [6, 6.07) is 59.9. The van der Waals surface area contributed by atoms with Crippen molar-refractivity contribution in [1.29, 1.82) is 0 Å². The largest absolute Gasteiger partial charge is 0.497 e. The number of benzene rings is 6. The first-order valence-electron chi connectivity index (χ1n) is 20.9. The maximum absolute atomic E-state index is 6.25. The quantitative estimate of drug-likeness (QED) is 0.0896. The van der Waals surface area contributed by atoms with Gasteiger partial charge in [0.2, 0.25) is 0 Å². The van der Waals surface area contributed by atoms with Crippen LogP contribution >= 0.6 is 0 Å². The number of ether oxygens (including phenoxy) is 1. The van der Waals surface area contributed by atoms with Gasteiger partial charge in [0.1, 0.15) is 23.3 Å². The van der Waals surface area contributed by atoms with Gasteiger partial charge in [-0.25, -0.2) is 4.57 Å². The van der Waals surface area contributed by atoms with Gasteiger partial charge >= 0.3 is 0 Å². The Balaban J connectivity index is 1.49. The Hall–Kier alpha value is -6.19. The SMILES string of the molecule is COc1cc(C(c2ccccc2)c2ccccc2)c(-[n+]2cc3cccc(-c4c(C(C)C)cc(C(C)C)cc4C(C)C)n3c2)c(C(c2ccccc2)c2ccccc2)c1. The zero-order valence-electron chi connectivity index (χ0n) is 34.9. The van der Waals surface area contributed by atoms with E-state index in [1.165, 1.54) is 61.3 Å². The van der Waals surface area contributed by atoms with Crippen LogP contribution in [0.25, 0.3) is 22.5 Å². The molecular weight excluding hydrogens is 705 g/mol. The van der Waals surface area contributed by atoms with Gasteiger partial charge in [-0.3, -0.25) is 0 Å². The summed E-state index contributed by atoms with van der Waals surface area (Å²) in [7, 11) is 1.79. The molecule has 0 aliphatic heterocycles. The van der Waals surface area contributed by atoms with E-state index in [1.807, 2.05) is 0 Å². The summed E-state index contributed by atoms with van der Waals surface area (Å²) in [4.78, 5) is 0. The van der Waals surface area contributed by atoms with E-state index in [2.05, 4.69) is 227 Å². The molecule has 0 radical (unpaired) electrons. The Bertz CT molecular complexity index is 2410. The lowest BCUT2D eigenvalue weighted by Gasteiger charge is -2.26. The van der Waals surface area contributed by atoms with Gasteiger partial charge in [0, 0.05) is 28.5 Å². The highest BCUT2D eigenvalue weighted by atomic mass is 16.5. The van der Waals surface area contributed by atoms with Crippen molar-refractivity contribution in [2.24, 2.45) is 0 Å². The first kappa shape index (κ1) is 38.7. The highest BCUT2D eigenvalue weighted by Crippen LogP contribution is 2.44. The second-order valence-electron chi connectivity index (χ2n) is 16.6. The minimum Gasteiger partial charge on any atom is -0.497 e. The smallest absolute Gasteiger partial charge is 0.254 e. The molecule has 0 N–H and O–H groups in total. The number of hydrogen-bond acceptors (Lipinski definition) is 1. The standard InChI is InChI=1S/C55H55N2O/c1-37(2)44-31-47(38(3)4)54(48(32-44)39(5)6)51-30-20-29-45-35-56(36-57(45)51)55-49(52(40-21-12-8-13-22-40)41-23-14-9-15-24-41)33-46(58-7)34-50(55)53(42-25-16-10-17-26-42)43-27-18-11-19-28-43/h8-39,52-53H,1-7H3/q+1. The predicted octanol–water partition coefficient (Wildman–Crippen LogP) is 13.6. The Morgan fingerprint density at radius 1 is 0.448 bits per heavy atom. The lowest BCUT2D eigenvalue weighted by Crippen LogP contribution is -2.33. The third kappa shape index (κ3) is 7.50. The molecule has 0 unspecified atom stereocenters. The molecule has 0 bridgehead atoms. The summed E-state index contributed by atoms with van der Waals surface area (Å²) >= 11 is 0. The Morgan fingerprint density at radius 3 is 1.26 bits per heavy atom. The van der Waals surface area contributed by atoms with E-state index in [9.17, 15) is 0 Å². The van der Waals surface area contributed by atoms with Gasteiger partial charge in [-0.15, -0.1) is 0 Å². The molecule has 8 rings (SSSR count). The molecule has 0 amide bonds. The van der Waals surface area contributed by atoms with Crippen LogP contribution in [-0.2, 0) is 0 Å². The van der Waals surface area contributed by atoms with Gasteiger partial charge in [0.05, 0.1) is 7.11 Å². The topological polar surface area (TPSA) is 17.5 Å². The molecule has 8 aromatic rings. The van der Waals surface area contributed by atoms with Crippen molar-refractivity contribution >= 4 is 5.52 Å². The zero-order valence-corrected chi connectivity index (χ0v) is 34.9. The summed E-state index contributed by atoms with van der Waals surface area (Å²) in [6.07, 6.45) is 4.65. The molecule has 0 saturated heterocycles. The van der Waals surface area contributed by atoms with Crippen LogP contribution in [0.3, 0.4) is 0 Å². The Labute approximate surface area is 345 Å². The summed E-state index contributed by atoms with van der Waals surface area (Å²) < 4.78 is 11.1. The monoisotopic (exact) mass is 759 g/mol. The summed E-state index contributed by atoms with van der Waals surface area (Å²) in [5.41, 5.74) is 16.3. The van der Waals surface area contributed by atoms with E-state index in [1.54, 1.807) is 7.11 Å². The van der Waals surface area contributed by atoms with Gasteiger partial charge in [0.25, 0.3) is 6.33 Å². The number of hydrogen-bond donors (Lipinski definition) is 0. The van der Waals surface area contributed by atoms with Crippen molar-refractivity contribution in [3.05, 3.63) is 226 Å². The van der Waals surface area contributed by atoms with Crippen molar-refractivity contribution in [2.75, 3.05) is 7.11 Å². The lowest BCUT2D eigenvalue weighted by atomic mass is 9.78. The molecule has 290 valence electrons. The van der Waals surface area contributed by atoms with Crippen molar-refractivity contribution in [1.82, 2.24) is 4.40 Å². The van der Waals surface area contributed by atoms with Crippen molar-refractivity contribution in [2.45, 2.75) is 71.1 Å². The first-order valence-corrected chi connectivity index (χ1v) is 20.9. The molecule has 6 aromatic carbocycles. The van der Waals surface area contributed by atoms with Crippen LogP contribution in [0.15, 0.2) is 176 Å². The summed E-state index contributed by atoms with van der Waals surface area (Å²) in [5.74, 6) is 1.86. The molecule has 0 saturated carbocycles. The van der Waals surface area contributed by atoms with Crippen LogP contribution in [-0.4, -0.2) is 11.5 Å². The fourth-order valence-corrected chi connectivity index (χ4v) is 8.84.